The lowest BCUT2D eigenvalue weighted by Gasteiger charge is -2.21. The quantitative estimate of drug-likeness (QED) is 0.768. The number of amides is 1. The lowest BCUT2D eigenvalue weighted by Crippen LogP contribution is -2.37. The molecule has 0 aromatic carbocycles. The molecule has 4 heteroatoms. The lowest BCUT2D eigenvalue weighted by atomic mass is 10.1. The Bertz CT molecular complexity index is 209. The first kappa shape index (κ1) is 11.3. The summed E-state index contributed by atoms with van der Waals surface area (Å²) in [5.74, 6) is 2.69. The fourth-order valence-electron chi connectivity index (χ4n) is 2.27. The van der Waals surface area contributed by atoms with Gasteiger partial charge in [-0.3, -0.25) is 4.79 Å². The maximum absolute atomic E-state index is 12.0. The Kier molecular flexibility index (Phi) is 4.32. The van der Waals surface area contributed by atoms with Gasteiger partial charge in [-0.2, -0.15) is 11.8 Å². The van der Waals surface area contributed by atoms with Crippen LogP contribution in [0.2, 0.25) is 0 Å². The molecule has 0 aromatic heterocycles. The van der Waals surface area contributed by atoms with E-state index in [1.165, 1.54) is 18.6 Å². The molecule has 86 valence electrons. The molecule has 0 aliphatic carbocycles. The zero-order valence-corrected chi connectivity index (χ0v) is 10.0. The molecular formula is C11H20N2OS. The predicted molar refractivity (Wildman–Crippen MR) is 64.2 cm³/mol. The monoisotopic (exact) mass is 228 g/mol. The van der Waals surface area contributed by atoms with E-state index in [-0.39, 0.29) is 0 Å². The van der Waals surface area contributed by atoms with Crippen LogP contribution in [-0.4, -0.2) is 48.0 Å². The number of carbonyl (C=O) groups excluding carboxylic acids is 1. The minimum Gasteiger partial charge on any atom is -0.342 e. The van der Waals surface area contributed by atoms with Crippen LogP contribution in [0.5, 0.6) is 0 Å². The third-order valence-corrected chi connectivity index (χ3v) is 4.21. The molecule has 3 nitrogen and oxygen atoms in total. The van der Waals surface area contributed by atoms with Crippen molar-refractivity contribution in [1.29, 1.82) is 0 Å². The highest BCUT2D eigenvalue weighted by atomic mass is 32.2. The van der Waals surface area contributed by atoms with E-state index in [1.807, 2.05) is 11.8 Å². The van der Waals surface area contributed by atoms with Crippen molar-refractivity contribution in [2.75, 3.05) is 31.1 Å². The molecule has 0 spiro atoms. The summed E-state index contributed by atoms with van der Waals surface area (Å²) in [5, 5.41) is 3.39. The zero-order chi connectivity index (χ0) is 10.5. The Labute approximate surface area is 96.0 Å². The molecular weight excluding hydrogens is 208 g/mol. The maximum Gasteiger partial charge on any atom is 0.224 e. The first-order valence-electron chi connectivity index (χ1n) is 5.95. The van der Waals surface area contributed by atoms with Gasteiger partial charge in [0.1, 0.15) is 0 Å². The third kappa shape index (κ3) is 3.38. The number of nitrogens with one attached hydrogen (secondary N) is 1. The topological polar surface area (TPSA) is 32.3 Å². The van der Waals surface area contributed by atoms with E-state index < -0.39 is 0 Å². The average Bonchev–Trinajstić information content (AvgIpc) is 2.58. The van der Waals surface area contributed by atoms with Gasteiger partial charge >= 0.3 is 0 Å². The van der Waals surface area contributed by atoms with Crippen molar-refractivity contribution >= 4 is 17.7 Å². The Morgan fingerprint density at radius 3 is 3.07 bits per heavy atom. The Balaban J connectivity index is 1.77. The normalized spacial score (nSPS) is 27.7. The summed E-state index contributed by atoms with van der Waals surface area (Å²) in [6, 6.07) is 0.452. The van der Waals surface area contributed by atoms with Crippen molar-refractivity contribution in [3.05, 3.63) is 0 Å². The van der Waals surface area contributed by atoms with Gasteiger partial charge in [0, 0.05) is 31.3 Å². The lowest BCUT2D eigenvalue weighted by molar-refractivity contribution is -0.131. The molecule has 2 aliphatic rings. The highest BCUT2D eigenvalue weighted by Crippen LogP contribution is 2.14. The van der Waals surface area contributed by atoms with Gasteiger partial charge in [0.2, 0.25) is 5.91 Å². The SMILES string of the molecule is O=C(CC1CCCN1)N1CCCSCC1. The van der Waals surface area contributed by atoms with Crippen molar-refractivity contribution in [3.8, 4) is 0 Å². The van der Waals surface area contributed by atoms with Crippen LogP contribution >= 0.6 is 11.8 Å². The second-order valence-corrected chi connectivity index (χ2v) is 5.57. The van der Waals surface area contributed by atoms with Gasteiger partial charge in [0.15, 0.2) is 0 Å². The molecule has 2 heterocycles. The molecule has 1 atom stereocenters. The summed E-state index contributed by atoms with van der Waals surface area (Å²) in [6.07, 6.45) is 4.28. The number of rotatable bonds is 2. The summed E-state index contributed by atoms with van der Waals surface area (Å²) in [6.45, 7) is 3.02. The Morgan fingerprint density at radius 2 is 2.27 bits per heavy atom. The van der Waals surface area contributed by atoms with Crippen molar-refractivity contribution < 1.29 is 4.79 Å². The van der Waals surface area contributed by atoms with Crippen LogP contribution in [0.3, 0.4) is 0 Å². The average molecular weight is 228 g/mol. The molecule has 2 saturated heterocycles. The number of thioether (sulfide) groups is 1. The highest BCUT2D eigenvalue weighted by molar-refractivity contribution is 7.99. The standard InChI is InChI=1S/C11H20N2OS/c14-11(9-10-3-1-4-12-10)13-5-2-7-15-8-6-13/h10,12H,1-9H2. The number of hydrogen-bond donors (Lipinski definition) is 1. The van der Waals surface area contributed by atoms with Crippen molar-refractivity contribution in [3.63, 3.8) is 0 Å². The molecule has 0 aromatic rings. The highest BCUT2D eigenvalue weighted by Gasteiger charge is 2.21. The van der Waals surface area contributed by atoms with E-state index in [2.05, 4.69) is 10.2 Å². The van der Waals surface area contributed by atoms with Crippen LogP contribution in [0, 0.1) is 0 Å². The Hall–Kier alpha value is -0.220. The second-order valence-electron chi connectivity index (χ2n) is 4.34. The fraction of sp³-hybridized carbons (Fsp3) is 0.909. The summed E-state index contributed by atoms with van der Waals surface area (Å²) in [7, 11) is 0. The van der Waals surface area contributed by atoms with E-state index in [4.69, 9.17) is 0 Å². The molecule has 1 N–H and O–H groups in total. The molecule has 15 heavy (non-hydrogen) atoms. The van der Waals surface area contributed by atoms with Crippen LogP contribution in [0.1, 0.15) is 25.7 Å². The summed E-state index contributed by atoms with van der Waals surface area (Å²) in [5.41, 5.74) is 0. The Morgan fingerprint density at radius 1 is 1.33 bits per heavy atom. The second kappa shape index (κ2) is 5.75. The van der Waals surface area contributed by atoms with Crippen LogP contribution < -0.4 is 5.32 Å². The molecule has 2 fully saturated rings. The summed E-state index contributed by atoms with van der Waals surface area (Å²) < 4.78 is 0. The van der Waals surface area contributed by atoms with Crippen LogP contribution in [0.4, 0.5) is 0 Å². The van der Waals surface area contributed by atoms with Crippen molar-refractivity contribution in [2.45, 2.75) is 31.7 Å². The largest absolute Gasteiger partial charge is 0.342 e. The molecule has 0 saturated carbocycles. The number of nitrogens with zero attached hydrogens (tertiary/aromatic N) is 1. The van der Waals surface area contributed by atoms with E-state index in [9.17, 15) is 4.79 Å². The van der Waals surface area contributed by atoms with Crippen molar-refractivity contribution in [1.82, 2.24) is 10.2 Å². The maximum atomic E-state index is 12.0. The predicted octanol–water partition coefficient (Wildman–Crippen LogP) is 1.09. The van der Waals surface area contributed by atoms with Gasteiger partial charge in [-0.1, -0.05) is 0 Å². The first-order chi connectivity index (χ1) is 7.36. The van der Waals surface area contributed by atoms with Gasteiger partial charge < -0.3 is 10.2 Å². The van der Waals surface area contributed by atoms with E-state index >= 15 is 0 Å². The number of carbonyl (C=O) groups is 1. The minimum absolute atomic E-state index is 0.358. The summed E-state index contributed by atoms with van der Waals surface area (Å²) in [4.78, 5) is 14.0. The van der Waals surface area contributed by atoms with Gasteiger partial charge in [0.05, 0.1) is 0 Å². The molecule has 1 unspecified atom stereocenters. The molecule has 2 rings (SSSR count). The molecule has 1 amide bonds. The van der Waals surface area contributed by atoms with Crippen LogP contribution in [-0.2, 0) is 4.79 Å². The molecule has 2 aliphatic heterocycles. The van der Waals surface area contributed by atoms with Crippen molar-refractivity contribution in [2.24, 2.45) is 0 Å². The van der Waals surface area contributed by atoms with E-state index in [0.717, 1.165) is 31.8 Å². The molecule has 0 bridgehead atoms. The van der Waals surface area contributed by atoms with Gasteiger partial charge in [-0.15, -0.1) is 0 Å². The minimum atomic E-state index is 0.358. The smallest absolute Gasteiger partial charge is 0.224 e. The zero-order valence-electron chi connectivity index (χ0n) is 9.21. The number of hydrogen-bond acceptors (Lipinski definition) is 3. The van der Waals surface area contributed by atoms with Gasteiger partial charge in [0.25, 0.3) is 0 Å². The van der Waals surface area contributed by atoms with Gasteiger partial charge in [-0.25, -0.2) is 0 Å². The fourth-order valence-corrected chi connectivity index (χ4v) is 3.15. The van der Waals surface area contributed by atoms with Crippen LogP contribution in [0.25, 0.3) is 0 Å². The third-order valence-electron chi connectivity index (χ3n) is 3.16. The van der Waals surface area contributed by atoms with Gasteiger partial charge in [-0.05, 0) is 31.6 Å². The summed E-state index contributed by atoms with van der Waals surface area (Å²) >= 11 is 1.97. The first-order valence-corrected chi connectivity index (χ1v) is 7.10. The van der Waals surface area contributed by atoms with E-state index in [1.54, 1.807) is 0 Å². The van der Waals surface area contributed by atoms with Crippen LogP contribution in [0.15, 0.2) is 0 Å². The van der Waals surface area contributed by atoms with E-state index in [0.29, 0.717) is 18.4 Å². The molecule has 0 radical (unpaired) electrons.